The third kappa shape index (κ3) is 2.30. The lowest BCUT2D eigenvalue weighted by Crippen LogP contribution is -2.14. The van der Waals surface area contributed by atoms with E-state index in [0.29, 0.717) is 11.5 Å². The number of aryl methyl sites for hydroxylation is 2. The van der Waals surface area contributed by atoms with E-state index in [1.807, 2.05) is 6.92 Å². The lowest BCUT2D eigenvalue weighted by molar-refractivity contribution is 0.601. The van der Waals surface area contributed by atoms with Crippen molar-refractivity contribution in [2.45, 2.75) is 18.7 Å². The van der Waals surface area contributed by atoms with Crippen molar-refractivity contribution in [2.75, 3.05) is 10.5 Å². The molecule has 0 saturated heterocycles. The van der Waals surface area contributed by atoms with Gasteiger partial charge >= 0.3 is 0 Å². The number of nitrogens with zero attached hydrogens (tertiary/aromatic N) is 1. The quantitative estimate of drug-likeness (QED) is 0.731. The molecule has 2 aromatic rings. The molecule has 6 nitrogen and oxygen atoms in total. The summed E-state index contributed by atoms with van der Waals surface area (Å²) in [6, 6.07) is 4.62. The number of rotatable bonds is 3. The molecule has 0 spiro atoms. The molecule has 0 atom stereocenters. The van der Waals surface area contributed by atoms with Crippen LogP contribution in [0.4, 0.5) is 11.5 Å². The Morgan fingerprint density at radius 3 is 2.56 bits per heavy atom. The van der Waals surface area contributed by atoms with Crippen LogP contribution in [0.25, 0.3) is 0 Å². The number of nitrogens with two attached hydrogens (primary N) is 1. The topological polar surface area (TPSA) is 101 Å². The molecule has 1 aromatic carbocycles. The fourth-order valence-electron chi connectivity index (χ4n) is 1.43. The molecule has 0 unspecified atom stereocenters. The van der Waals surface area contributed by atoms with Crippen molar-refractivity contribution in [2.24, 2.45) is 0 Å². The largest absolute Gasteiger partial charge is 0.398 e. The molecule has 0 amide bonds. The third-order valence-corrected chi connectivity index (χ3v) is 3.97. The lowest BCUT2D eigenvalue weighted by atomic mass is 10.2. The number of hydrogen-bond acceptors (Lipinski definition) is 4. The van der Waals surface area contributed by atoms with E-state index in [1.165, 1.54) is 12.1 Å². The number of aromatic amines is 1. The summed E-state index contributed by atoms with van der Waals surface area (Å²) in [5.41, 5.74) is 7.71. The number of hydrogen-bond donors (Lipinski definition) is 3. The second-order valence-corrected chi connectivity index (χ2v) is 5.73. The fourth-order valence-corrected chi connectivity index (χ4v) is 2.55. The Morgan fingerprint density at radius 2 is 2.00 bits per heavy atom. The van der Waals surface area contributed by atoms with Gasteiger partial charge in [0.05, 0.1) is 11.1 Å². The summed E-state index contributed by atoms with van der Waals surface area (Å²) in [5.74, 6) is 0.356. The Morgan fingerprint density at radius 1 is 1.28 bits per heavy atom. The van der Waals surface area contributed by atoms with Crippen LogP contribution in [0, 0.1) is 13.8 Å². The zero-order valence-electron chi connectivity index (χ0n) is 10.1. The van der Waals surface area contributed by atoms with Crippen LogP contribution in [-0.4, -0.2) is 18.6 Å². The minimum atomic E-state index is -3.65. The highest BCUT2D eigenvalue weighted by Crippen LogP contribution is 2.20. The van der Waals surface area contributed by atoms with Gasteiger partial charge in [0.1, 0.15) is 5.82 Å². The highest BCUT2D eigenvalue weighted by atomic mass is 32.2. The second-order valence-electron chi connectivity index (χ2n) is 4.05. The standard InChI is InChI=1S/C11H14N4O2S/c1-7-3-4-9(5-10(7)12)18(16,17)15-11-8(2)6-13-14-11/h3-6H,12H2,1-2H3,(H2,13,14,15). The van der Waals surface area contributed by atoms with Gasteiger partial charge in [-0.3, -0.25) is 9.82 Å². The molecule has 0 aliphatic rings. The van der Waals surface area contributed by atoms with Crippen molar-refractivity contribution >= 4 is 21.5 Å². The van der Waals surface area contributed by atoms with Crippen LogP contribution in [0.5, 0.6) is 0 Å². The predicted molar refractivity (Wildman–Crippen MR) is 69.7 cm³/mol. The van der Waals surface area contributed by atoms with E-state index in [0.717, 1.165) is 11.1 Å². The van der Waals surface area contributed by atoms with E-state index in [4.69, 9.17) is 5.73 Å². The molecule has 0 fully saturated rings. The first-order chi connectivity index (χ1) is 8.40. The van der Waals surface area contributed by atoms with Crippen LogP contribution in [0.1, 0.15) is 11.1 Å². The van der Waals surface area contributed by atoms with Gasteiger partial charge in [0.25, 0.3) is 10.0 Å². The Labute approximate surface area is 105 Å². The van der Waals surface area contributed by atoms with Crippen molar-refractivity contribution in [3.8, 4) is 0 Å². The average molecular weight is 266 g/mol. The van der Waals surface area contributed by atoms with Crippen molar-refractivity contribution in [3.63, 3.8) is 0 Å². The van der Waals surface area contributed by atoms with Gasteiger partial charge in [-0.25, -0.2) is 8.42 Å². The molecule has 2 rings (SSSR count). The van der Waals surface area contributed by atoms with Crippen molar-refractivity contribution in [3.05, 3.63) is 35.5 Å². The Bertz CT molecular complexity index is 676. The monoisotopic (exact) mass is 266 g/mol. The van der Waals surface area contributed by atoms with Gasteiger partial charge in [-0.05, 0) is 31.5 Å². The first kappa shape index (κ1) is 12.4. The molecule has 0 bridgehead atoms. The zero-order chi connectivity index (χ0) is 13.3. The van der Waals surface area contributed by atoms with Crippen LogP contribution in [0.3, 0.4) is 0 Å². The van der Waals surface area contributed by atoms with E-state index in [-0.39, 0.29) is 4.90 Å². The smallest absolute Gasteiger partial charge is 0.263 e. The molecule has 0 saturated carbocycles. The highest BCUT2D eigenvalue weighted by molar-refractivity contribution is 7.92. The van der Waals surface area contributed by atoms with E-state index in [9.17, 15) is 8.42 Å². The summed E-state index contributed by atoms with van der Waals surface area (Å²) < 4.78 is 26.6. The van der Waals surface area contributed by atoms with Gasteiger partial charge in [0.15, 0.2) is 0 Å². The number of H-pyrrole nitrogens is 1. The molecule has 18 heavy (non-hydrogen) atoms. The molecule has 4 N–H and O–H groups in total. The summed E-state index contributed by atoms with van der Waals surface area (Å²) in [5, 5.41) is 6.34. The minimum Gasteiger partial charge on any atom is -0.398 e. The molecular weight excluding hydrogens is 252 g/mol. The molecule has 7 heteroatoms. The number of aromatic nitrogens is 2. The average Bonchev–Trinajstić information content (AvgIpc) is 2.67. The van der Waals surface area contributed by atoms with Gasteiger partial charge in [-0.1, -0.05) is 6.07 Å². The number of benzene rings is 1. The minimum absolute atomic E-state index is 0.125. The van der Waals surface area contributed by atoms with Crippen LogP contribution in [-0.2, 0) is 10.0 Å². The number of sulfonamides is 1. The molecule has 0 aliphatic heterocycles. The van der Waals surface area contributed by atoms with Crippen molar-refractivity contribution in [1.29, 1.82) is 0 Å². The molecule has 0 radical (unpaired) electrons. The summed E-state index contributed by atoms with van der Waals surface area (Å²) in [7, 11) is -3.65. The van der Waals surface area contributed by atoms with Gasteiger partial charge in [0, 0.05) is 11.3 Å². The summed E-state index contributed by atoms with van der Waals surface area (Å²) in [6.07, 6.45) is 1.54. The van der Waals surface area contributed by atoms with Crippen LogP contribution in [0.15, 0.2) is 29.3 Å². The summed E-state index contributed by atoms with van der Waals surface area (Å²) in [6.45, 7) is 3.57. The summed E-state index contributed by atoms with van der Waals surface area (Å²) in [4.78, 5) is 0.125. The van der Waals surface area contributed by atoms with E-state index >= 15 is 0 Å². The van der Waals surface area contributed by atoms with Gasteiger partial charge in [-0.15, -0.1) is 0 Å². The molecule has 1 heterocycles. The van der Waals surface area contributed by atoms with Crippen LogP contribution >= 0.6 is 0 Å². The SMILES string of the molecule is Cc1ccc(S(=O)(=O)Nc2[nH]ncc2C)cc1N. The third-order valence-electron chi connectivity index (χ3n) is 2.63. The second kappa shape index (κ2) is 4.34. The first-order valence-corrected chi connectivity index (χ1v) is 6.77. The first-order valence-electron chi connectivity index (χ1n) is 5.29. The van der Waals surface area contributed by atoms with Gasteiger partial charge in [0.2, 0.25) is 0 Å². The molecular formula is C11H14N4O2S. The predicted octanol–water partition coefficient (Wildman–Crippen LogP) is 1.41. The Kier molecular flexibility index (Phi) is 3.00. The maximum atomic E-state index is 12.1. The zero-order valence-corrected chi connectivity index (χ0v) is 10.9. The lowest BCUT2D eigenvalue weighted by Gasteiger charge is -2.08. The van der Waals surface area contributed by atoms with Crippen LogP contribution < -0.4 is 10.5 Å². The summed E-state index contributed by atoms with van der Waals surface area (Å²) >= 11 is 0. The highest BCUT2D eigenvalue weighted by Gasteiger charge is 2.16. The fraction of sp³-hybridized carbons (Fsp3) is 0.182. The number of nitrogen functional groups attached to an aromatic ring is 1. The molecule has 96 valence electrons. The van der Waals surface area contributed by atoms with Crippen molar-refractivity contribution in [1.82, 2.24) is 10.2 Å². The Hall–Kier alpha value is -2.02. The van der Waals surface area contributed by atoms with Gasteiger partial charge < -0.3 is 5.73 Å². The van der Waals surface area contributed by atoms with Crippen LogP contribution in [0.2, 0.25) is 0 Å². The number of anilines is 2. The maximum absolute atomic E-state index is 12.1. The maximum Gasteiger partial charge on any atom is 0.263 e. The molecule has 1 aromatic heterocycles. The van der Waals surface area contributed by atoms with E-state index in [1.54, 1.807) is 19.2 Å². The van der Waals surface area contributed by atoms with E-state index < -0.39 is 10.0 Å². The normalized spacial score (nSPS) is 11.4. The molecule has 0 aliphatic carbocycles. The van der Waals surface area contributed by atoms with E-state index in [2.05, 4.69) is 14.9 Å². The Balaban J connectivity index is 2.37. The number of nitrogens with one attached hydrogen (secondary N) is 2. The van der Waals surface area contributed by atoms with Gasteiger partial charge in [-0.2, -0.15) is 5.10 Å². The van der Waals surface area contributed by atoms with Crippen molar-refractivity contribution < 1.29 is 8.42 Å².